The summed E-state index contributed by atoms with van der Waals surface area (Å²) >= 11 is -1.07. The number of β-amino-alcohol motifs (C(OH)–C–C–N with tert-alkyl or cyclic N) is 1. The van der Waals surface area contributed by atoms with Gasteiger partial charge in [-0.3, -0.25) is 14.6 Å². The lowest BCUT2D eigenvalue weighted by Gasteiger charge is -2.38. The van der Waals surface area contributed by atoms with E-state index in [1.807, 2.05) is 21.9 Å². The summed E-state index contributed by atoms with van der Waals surface area (Å²) in [6, 6.07) is 10.9. The van der Waals surface area contributed by atoms with E-state index < -0.39 is 41.0 Å². The second-order valence-corrected chi connectivity index (χ2v) is 10.7. The average molecular weight is 542 g/mol. The molecule has 3 rings (SSSR count). The molecule has 2 aromatic carbocycles. The number of hydrogen-bond acceptors (Lipinski definition) is 6. The third-order valence-corrected chi connectivity index (χ3v) is 7.73. The van der Waals surface area contributed by atoms with Gasteiger partial charge in [0.2, 0.25) is 5.91 Å². The monoisotopic (exact) mass is 541 g/mol. The Labute approximate surface area is 218 Å². The van der Waals surface area contributed by atoms with Crippen molar-refractivity contribution in [1.29, 1.82) is 0 Å². The molecule has 2 aromatic rings. The standard InChI is InChI=1S/C26H34F3N3O4S/c1-2-3-16-37(35)23-10-4-19(5-11-23)24(25(30)34)32-14-12-31(13-15-32)17-21(33)18-36-22-8-6-20(7-9-22)26(27,28)29/h4-11,21,24,33H,2-3,12-18H2,1H3,(H2,30,34). The number of halogens is 3. The minimum Gasteiger partial charge on any atom is -0.611 e. The van der Waals surface area contributed by atoms with Crippen LogP contribution >= 0.6 is 0 Å². The van der Waals surface area contributed by atoms with Gasteiger partial charge in [-0.15, -0.1) is 0 Å². The molecule has 0 spiro atoms. The summed E-state index contributed by atoms with van der Waals surface area (Å²) < 4.78 is 55.8. The minimum absolute atomic E-state index is 0.0541. The zero-order valence-corrected chi connectivity index (χ0v) is 21.6. The van der Waals surface area contributed by atoms with Crippen molar-refractivity contribution in [3.8, 4) is 5.75 Å². The van der Waals surface area contributed by atoms with Crippen molar-refractivity contribution in [2.75, 3.05) is 45.1 Å². The molecule has 37 heavy (non-hydrogen) atoms. The zero-order chi connectivity index (χ0) is 27.0. The molecular formula is C26H34F3N3O4S. The maximum absolute atomic E-state index is 12.7. The van der Waals surface area contributed by atoms with Gasteiger partial charge in [-0.2, -0.15) is 13.2 Å². The number of aliphatic hydroxyl groups excluding tert-OH is 1. The summed E-state index contributed by atoms with van der Waals surface area (Å²) in [6.45, 7) is 4.64. The number of hydrogen-bond donors (Lipinski definition) is 2. The first kappa shape index (κ1) is 29.2. The highest BCUT2D eigenvalue weighted by Gasteiger charge is 2.31. The SMILES string of the molecule is CCCC[S+]([O-])c1ccc(C(C(N)=O)N2CCN(CC(O)COc3ccc(C(F)(F)F)cc3)CC2)cc1. The van der Waals surface area contributed by atoms with Crippen LogP contribution in [0, 0.1) is 0 Å². The van der Waals surface area contributed by atoms with Crippen molar-refractivity contribution in [2.24, 2.45) is 5.73 Å². The van der Waals surface area contributed by atoms with Gasteiger partial charge in [-0.05, 0) is 59.6 Å². The van der Waals surface area contributed by atoms with Crippen LogP contribution < -0.4 is 10.5 Å². The highest BCUT2D eigenvalue weighted by atomic mass is 32.2. The minimum atomic E-state index is -4.41. The second-order valence-electron chi connectivity index (χ2n) is 9.10. The molecule has 3 unspecified atom stereocenters. The van der Waals surface area contributed by atoms with Crippen molar-refractivity contribution in [1.82, 2.24) is 9.80 Å². The molecular weight excluding hydrogens is 507 g/mol. The van der Waals surface area contributed by atoms with Crippen LogP contribution in [0.3, 0.4) is 0 Å². The number of unbranched alkanes of at least 4 members (excludes halogenated alkanes) is 1. The van der Waals surface area contributed by atoms with Crippen LogP contribution in [0.4, 0.5) is 13.2 Å². The second kappa shape index (κ2) is 13.5. The van der Waals surface area contributed by atoms with E-state index in [-0.39, 0.29) is 12.4 Å². The molecule has 1 fully saturated rings. The summed E-state index contributed by atoms with van der Waals surface area (Å²) in [5.41, 5.74) is 5.73. The molecule has 204 valence electrons. The number of nitrogens with zero attached hydrogens (tertiary/aromatic N) is 2. The molecule has 7 nitrogen and oxygen atoms in total. The summed E-state index contributed by atoms with van der Waals surface area (Å²) in [6.07, 6.45) is -3.38. The molecule has 1 heterocycles. The lowest BCUT2D eigenvalue weighted by molar-refractivity contribution is -0.137. The van der Waals surface area contributed by atoms with Gasteiger partial charge in [0.25, 0.3) is 0 Å². The lowest BCUT2D eigenvalue weighted by Crippen LogP contribution is -2.52. The van der Waals surface area contributed by atoms with E-state index in [1.165, 1.54) is 12.1 Å². The highest BCUT2D eigenvalue weighted by Crippen LogP contribution is 2.30. The van der Waals surface area contributed by atoms with Crippen LogP contribution in [-0.4, -0.2) is 76.6 Å². The van der Waals surface area contributed by atoms with E-state index >= 15 is 0 Å². The van der Waals surface area contributed by atoms with Crippen LogP contribution in [0.1, 0.15) is 36.9 Å². The van der Waals surface area contributed by atoms with Crippen LogP contribution in [-0.2, 0) is 22.1 Å². The Morgan fingerprint density at radius 3 is 2.27 bits per heavy atom. The Morgan fingerprint density at radius 2 is 1.73 bits per heavy atom. The third-order valence-electron chi connectivity index (χ3n) is 6.28. The Bertz CT molecular complexity index is 984. The van der Waals surface area contributed by atoms with E-state index in [9.17, 15) is 27.6 Å². The van der Waals surface area contributed by atoms with Crippen molar-refractivity contribution >= 4 is 17.1 Å². The first-order valence-electron chi connectivity index (χ1n) is 12.3. The summed E-state index contributed by atoms with van der Waals surface area (Å²) in [5.74, 6) is 0.401. The zero-order valence-electron chi connectivity index (χ0n) is 20.8. The van der Waals surface area contributed by atoms with Gasteiger partial charge in [0.15, 0.2) is 4.90 Å². The number of aliphatic hydroxyl groups is 1. The number of piperazine rings is 1. The fourth-order valence-corrected chi connectivity index (χ4v) is 5.46. The number of benzene rings is 2. The van der Waals surface area contributed by atoms with Crippen LogP contribution in [0.15, 0.2) is 53.4 Å². The van der Waals surface area contributed by atoms with Gasteiger partial charge in [-0.1, -0.05) is 25.5 Å². The normalized spacial score (nSPS) is 17.8. The van der Waals surface area contributed by atoms with Crippen molar-refractivity contribution in [3.63, 3.8) is 0 Å². The first-order valence-corrected chi connectivity index (χ1v) is 13.6. The number of carbonyl (C=O) groups excluding carboxylic acids is 1. The molecule has 0 bridgehead atoms. The number of ether oxygens (including phenoxy) is 1. The van der Waals surface area contributed by atoms with E-state index in [4.69, 9.17) is 10.5 Å². The predicted octanol–water partition coefficient (Wildman–Crippen LogP) is 3.20. The topological polar surface area (TPSA) is 102 Å². The molecule has 0 aliphatic carbocycles. The number of amides is 1. The smallest absolute Gasteiger partial charge is 0.416 e. The Balaban J connectivity index is 1.48. The molecule has 0 saturated carbocycles. The molecule has 0 radical (unpaired) electrons. The predicted molar refractivity (Wildman–Crippen MR) is 136 cm³/mol. The van der Waals surface area contributed by atoms with Crippen molar-refractivity contribution in [3.05, 3.63) is 59.7 Å². The molecule has 3 atom stereocenters. The molecule has 0 aromatic heterocycles. The quantitative estimate of drug-likeness (QED) is 0.400. The van der Waals surface area contributed by atoms with Gasteiger partial charge >= 0.3 is 6.18 Å². The third kappa shape index (κ3) is 8.61. The number of nitrogens with two attached hydrogens (primary N) is 1. The summed E-state index contributed by atoms with van der Waals surface area (Å²) in [7, 11) is 0. The molecule has 3 N–H and O–H groups in total. The maximum atomic E-state index is 12.7. The Hall–Kier alpha value is -2.31. The molecule has 11 heteroatoms. The number of carbonyl (C=O) groups is 1. The van der Waals surface area contributed by atoms with Crippen LogP contribution in [0.5, 0.6) is 5.75 Å². The Kier molecular flexibility index (Phi) is 10.7. The summed E-state index contributed by atoms with van der Waals surface area (Å²) in [5, 5.41) is 10.4. The first-order chi connectivity index (χ1) is 17.6. The highest BCUT2D eigenvalue weighted by molar-refractivity contribution is 7.91. The van der Waals surface area contributed by atoms with Gasteiger partial charge in [0.1, 0.15) is 30.3 Å². The van der Waals surface area contributed by atoms with E-state index in [2.05, 4.69) is 6.92 Å². The van der Waals surface area contributed by atoms with Gasteiger partial charge in [-0.25, -0.2) is 0 Å². The van der Waals surface area contributed by atoms with E-state index in [1.54, 1.807) is 12.1 Å². The van der Waals surface area contributed by atoms with Gasteiger partial charge in [0.05, 0.1) is 5.56 Å². The van der Waals surface area contributed by atoms with E-state index in [0.717, 1.165) is 35.4 Å². The Morgan fingerprint density at radius 1 is 1.11 bits per heavy atom. The molecule has 1 aliphatic heterocycles. The lowest BCUT2D eigenvalue weighted by atomic mass is 10.0. The van der Waals surface area contributed by atoms with Gasteiger partial charge < -0.3 is 20.1 Å². The fraction of sp³-hybridized carbons (Fsp3) is 0.500. The number of rotatable bonds is 12. The van der Waals surface area contributed by atoms with Crippen molar-refractivity contribution < 1.29 is 32.4 Å². The maximum Gasteiger partial charge on any atom is 0.416 e. The number of primary amides is 1. The van der Waals surface area contributed by atoms with Crippen molar-refractivity contribution in [2.45, 2.75) is 43.0 Å². The molecule has 1 saturated heterocycles. The van der Waals surface area contributed by atoms with Gasteiger partial charge in [0, 0.05) is 32.7 Å². The summed E-state index contributed by atoms with van der Waals surface area (Å²) in [4.78, 5) is 17.1. The average Bonchev–Trinajstić information content (AvgIpc) is 2.87. The molecule has 1 amide bonds. The molecule has 1 aliphatic rings. The largest absolute Gasteiger partial charge is 0.611 e. The fourth-order valence-electron chi connectivity index (χ4n) is 4.24. The number of alkyl halides is 3. The van der Waals surface area contributed by atoms with Crippen LogP contribution in [0.2, 0.25) is 0 Å². The van der Waals surface area contributed by atoms with E-state index in [0.29, 0.717) is 38.5 Å². The van der Waals surface area contributed by atoms with Crippen LogP contribution in [0.25, 0.3) is 0 Å².